The molecule has 0 radical (unpaired) electrons. The van der Waals surface area contributed by atoms with Crippen molar-refractivity contribution in [3.63, 3.8) is 0 Å². The van der Waals surface area contributed by atoms with E-state index >= 15 is 0 Å². The van der Waals surface area contributed by atoms with E-state index in [0.717, 1.165) is 11.0 Å². The Bertz CT molecular complexity index is 1050. The molecule has 0 fully saturated rings. The number of benzene rings is 1. The van der Waals surface area contributed by atoms with Gasteiger partial charge in [-0.3, -0.25) is 18.7 Å². The number of nitrogens with zero attached hydrogens (tertiary/aromatic N) is 2. The van der Waals surface area contributed by atoms with Gasteiger partial charge in [0.25, 0.3) is 5.56 Å². The van der Waals surface area contributed by atoms with Crippen LogP contribution < -0.4 is 21.3 Å². The van der Waals surface area contributed by atoms with Gasteiger partial charge in [0.2, 0.25) is 15.9 Å². The molecule has 0 spiro atoms. The smallest absolute Gasteiger partial charge is 0.330 e. The van der Waals surface area contributed by atoms with Gasteiger partial charge < -0.3 is 5.32 Å². The number of hydrogen-bond acceptors (Lipinski definition) is 5. The molecule has 0 aliphatic carbocycles. The molecule has 0 atom stereocenters. The second-order valence-electron chi connectivity index (χ2n) is 5.88. The second kappa shape index (κ2) is 7.83. The van der Waals surface area contributed by atoms with E-state index in [4.69, 9.17) is 0 Å². The molecule has 1 amide bonds. The van der Waals surface area contributed by atoms with E-state index < -0.39 is 21.3 Å². The van der Waals surface area contributed by atoms with Crippen LogP contribution in [0.25, 0.3) is 10.9 Å². The predicted molar refractivity (Wildman–Crippen MR) is 97.5 cm³/mol. The highest BCUT2D eigenvalue weighted by Crippen LogP contribution is 2.15. The molecule has 2 N–H and O–H groups in total. The standard InChI is InChI=1S/C16H22N4O5S/c1-4-8-17-14(21)7-9-18-26(24,25)11-5-6-13-12(10-11)15(22)20(3)16(23)19(13)2/h5-6,10,18H,4,7-9H2,1-3H3,(H,17,21). The summed E-state index contributed by atoms with van der Waals surface area (Å²) in [6, 6.07) is 3.97. The summed E-state index contributed by atoms with van der Waals surface area (Å²) in [7, 11) is -1.05. The van der Waals surface area contributed by atoms with Gasteiger partial charge in [0.1, 0.15) is 0 Å². The average molecular weight is 382 g/mol. The van der Waals surface area contributed by atoms with E-state index in [1.807, 2.05) is 6.92 Å². The maximum absolute atomic E-state index is 12.4. The van der Waals surface area contributed by atoms with Gasteiger partial charge >= 0.3 is 5.69 Å². The van der Waals surface area contributed by atoms with Gasteiger partial charge in [-0.2, -0.15) is 0 Å². The van der Waals surface area contributed by atoms with Crippen molar-refractivity contribution in [3.05, 3.63) is 39.0 Å². The fourth-order valence-corrected chi connectivity index (χ4v) is 3.53. The largest absolute Gasteiger partial charge is 0.356 e. The summed E-state index contributed by atoms with van der Waals surface area (Å²) in [6.07, 6.45) is 0.815. The Labute approximate surface area is 150 Å². The summed E-state index contributed by atoms with van der Waals surface area (Å²) in [5, 5.41) is 2.78. The van der Waals surface area contributed by atoms with Crippen LogP contribution in [0.15, 0.2) is 32.7 Å². The highest BCUT2D eigenvalue weighted by atomic mass is 32.2. The quantitative estimate of drug-likeness (QED) is 0.665. The zero-order chi connectivity index (χ0) is 19.5. The van der Waals surface area contributed by atoms with Crippen molar-refractivity contribution >= 4 is 26.8 Å². The molecule has 2 aromatic rings. The Hall–Kier alpha value is -2.46. The van der Waals surface area contributed by atoms with Gasteiger partial charge in [-0.05, 0) is 24.6 Å². The highest BCUT2D eigenvalue weighted by Gasteiger charge is 2.17. The normalized spacial score (nSPS) is 11.7. The number of sulfonamides is 1. The van der Waals surface area contributed by atoms with E-state index in [9.17, 15) is 22.8 Å². The fraction of sp³-hybridized carbons (Fsp3) is 0.438. The van der Waals surface area contributed by atoms with E-state index in [0.29, 0.717) is 12.1 Å². The maximum atomic E-state index is 12.4. The minimum absolute atomic E-state index is 0.0169. The molecule has 2 rings (SSSR count). The van der Waals surface area contributed by atoms with Crippen molar-refractivity contribution in [2.75, 3.05) is 13.1 Å². The van der Waals surface area contributed by atoms with Crippen molar-refractivity contribution in [2.24, 2.45) is 14.1 Å². The number of nitrogens with one attached hydrogen (secondary N) is 2. The van der Waals surface area contributed by atoms with Crippen LogP contribution in [0.3, 0.4) is 0 Å². The molecule has 0 saturated heterocycles. The number of amides is 1. The van der Waals surface area contributed by atoms with Crippen LogP contribution in [0.4, 0.5) is 0 Å². The van der Waals surface area contributed by atoms with E-state index in [1.165, 1.54) is 36.9 Å². The number of fused-ring (bicyclic) bond motifs is 1. The third-order valence-corrected chi connectivity index (χ3v) is 5.42. The Morgan fingerprint density at radius 2 is 1.81 bits per heavy atom. The lowest BCUT2D eigenvalue weighted by Gasteiger charge is -2.10. The molecule has 142 valence electrons. The minimum Gasteiger partial charge on any atom is -0.356 e. The topological polar surface area (TPSA) is 119 Å². The van der Waals surface area contributed by atoms with E-state index in [1.54, 1.807) is 0 Å². The molecule has 1 heterocycles. The van der Waals surface area contributed by atoms with E-state index in [-0.39, 0.29) is 29.2 Å². The first-order chi connectivity index (χ1) is 12.2. The van der Waals surface area contributed by atoms with Gasteiger partial charge in [0.15, 0.2) is 0 Å². The van der Waals surface area contributed by atoms with Crippen LogP contribution in [-0.2, 0) is 28.9 Å². The summed E-state index contributed by atoms with van der Waals surface area (Å²) in [6.45, 7) is 2.41. The zero-order valence-corrected chi connectivity index (χ0v) is 15.7. The summed E-state index contributed by atoms with van der Waals surface area (Å²) in [4.78, 5) is 35.6. The SMILES string of the molecule is CCCNC(=O)CCNS(=O)(=O)c1ccc2c(c1)c(=O)n(C)c(=O)n2C. The van der Waals surface area contributed by atoms with Crippen LogP contribution in [0.5, 0.6) is 0 Å². The Kier molecular flexibility index (Phi) is 5.98. The molecule has 10 heteroatoms. The molecule has 0 aliphatic heterocycles. The number of aromatic nitrogens is 2. The summed E-state index contributed by atoms with van der Waals surface area (Å²) < 4.78 is 29.3. The zero-order valence-electron chi connectivity index (χ0n) is 14.9. The molecular formula is C16H22N4O5S. The van der Waals surface area contributed by atoms with Gasteiger partial charge in [-0.15, -0.1) is 0 Å². The van der Waals surface area contributed by atoms with Gasteiger partial charge in [-0.1, -0.05) is 6.92 Å². The van der Waals surface area contributed by atoms with Crippen LogP contribution >= 0.6 is 0 Å². The van der Waals surface area contributed by atoms with Crippen LogP contribution in [0.2, 0.25) is 0 Å². The predicted octanol–water partition coefficient (Wildman–Crippen LogP) is -0.568. The highest BCUT2D eigenvalue weighted by molar-refractivity contribution is 7.89. The number of carbonyl (C=O) groups excluding carboxylic acids is 1. The Morgan fingerprint density at radius 1 is 1.12 bits per heavy atom. The van der Waals surface area contributed by atoms with Crippen LogP contribution in [0.1, 0.15) is 19.8 Å². The second-order valence-corrected chi connectivity index (χ2v) is 7.65. The molecule has 0 aliphatic rings. The fourth-order valence-electron chi connectivity index (χ4n) is 2.48. The molecule has 26 heavy (non-hydrogen) atoms. The summed E-state index contributed by atoms with van der Waals surface area (Å²) in [5.41, 5.74) is -0.718. The van der Waals surface area contributed by atoms with Crippen molar-refractivity contribution in [1.29, 1.82) is 0 Å². The summed E-state index contributed by atoms with van der Waals surface area (Å²) >= 11 is 0. The van der Waals surface area contributed by atoms with Crippen molar-refractivity contribution < 1.29 is 13.2 Å². The lowest BCUT2D eigenvalue weighted by molar-refractivity contribution is -0.120. The average Bonchev–Trinajstić information content (AvgIpc) is 2.62. The van der Waals surface area contributed by atoms with Gasteiger partial charge in [0.05, 0.1) is 15.8 Å². The maximum Gasteiger partial charge on any atom is 0.330 e. The number of aryl methyl sites for hydroxylation is 1. The van der Waals surface area contributed by atoms with Crippen LogP contribution in [-0.4, -0.2) is 36.5 Å². The van der Waals surface area contributed by atoms with Crippen molar-refractivity contribution in [1.82, 2.24) is 19.2 Å². The summed E-state index contributed by atoms with van der Waals surface area (Å²) in [5.74, 6) is -0.239. The van der Waals surface area contributed by atoms with Gasteiger partial charge in [-0.25, -0.2) is 17.9 Å². The molecular weight excluding hydrogens is 360 g/mol. The Balaban J connectivity index is 2.28. The number of carbonyl (C=O) groups is 1. The molecule has 0 bridgehead atoms. The first kappa shape index (κ1) is 19.9. The first-order valence-electron chi connectivity index (χ1n) is 8.15. The third kappa shape index (κ3) is 4.02. The van der Waals surface area contributed by atoms with Gasteiger partial charge in [0, 0.05) is 33.6 Å². The molecule has 9 nitrogen and oxygen atoms in total. The Morgan fingerprint density at radius 3 is 2.46 bits per heavy atom. The minimum atomic E-state index is -3.89. The monoisotopic (exact) mass is 382 g/mol. The first-order valence-corrected chi connectivity index (χ1v) is 9.63. The molecule has 0 unspecified atom stereocenters. The molecule has 1 aromatic carbocycles. The van der Waals surface area contributed by atoms with Crippen LogP contribution in [0, 0.1) is 0 Å². The van der Waals surface area contributed by atoms with Crippen molar-refractivity contribution in [3.8, 4) is 0 Å². The molecule has 1 aromatic heterocycles. The number of rotatable bonds is 7. The van der Waals surface area contributed by atoms with E-state index in [2.05, 4.69) is 10.0 Å². The lowest BCUT2D eigenvalue weighted by atomic mass is 10.2. The van der Waals surface area contributed by atoms with Crippen molar-refractivity contribution in [2.45, 2.75) is 24.7 Å². The molecule has 0 saturated carbocycles. The number of hydrogen-bond donors (Lipinski definition) is 2. The third-order valence-electron chi connectivity index (χ3n) is 3.96. The lowest BCUT2D eigenvalue weighted by Crippen LogP contribution is -2.37.